The number of carbonyl (C=O) groups excluding carboxylic acids is 1. The molecule has 0 bridgehead atoms. The third-order valence-electron chi connectivity index (χ3n) is 3.61. The summed E-state index contributed by atoms with van der Waals surface area (Å²) in [5.74, 6) is -1.16. The fraction of sp³-hybridized carbons (Fsp3) is 0.857. The third-order valence-corrected chi connectivity index (χ3v) is 3.61. The zero-order chi connectivity index (χ0) is 14.1. The lowest BCUT2D eigenvalue weighted by Crippen LogP contribution is -2.54. The molecule has 1 heterocycles. The molecule has 3 N–H and O–H groups in total. The molecule has 0 aliphatic carbocycles. The number of unbranched alkanes of at least 4 members (excludes halogenated alkanes) is 3. The van der Waals surface area contributed by atoms with E-state index in [0.717, 1.165) is 38.8 Å². The van der Waals surface area contributed by atoms with Crippen LogP contribution in [0.2, 0.25) is 0 Å². The van der Waals surface area contributed by atoms with Crippen LogP contribution in [0.15, 0.2) is 0 Å². The average Bonchev–Trinajstić information content (AvgIpc) is 2.42. The monoisotopic (exact) mass is 270 g/mol. The Morgan fingerprint density at radius 3 is 2.63 bits per heavy atom. The molecule has 0 radical (unpaired) electrons. The minimum atomic E-state index is -0.877. The number of hydrogen-bond donors (Lipinski definition) is 3. The number of nitrogens with one attached hydrogen (secondary N) is 2. The van der Waals surface area contributed by atoms with Crippen molar-refractivity contribution in [3.8, 4) is 0 Å². The second-order valence-corrected chi connectivity index (χ2v) is 5.26. The fourth-order valence-corrected chi connectivity index (χ4v) is 2.51. The summed E-state index contributed by atoms with van der Waals surface area (Å²) in [5.41, 5.74) is 0. The molecule has 1 aliphatic rings. The molecule has 1 fully saturated rings. The Balaban J connectivity index is 2.46. The van der Waals surface area contributed by atoms with Gasteiger partial charge in [0.1, 0.15) is 0 Å². The maximum Gasteiger partial charge on any atom is 0.304 e. The Hall–Kier alpha value is -0.940. The van der Waals surface area contributed by atoms with Crippen molar-refractivity contribution in [3.05, 3.63) is 0 Å². The van der Waals surface area contributed by atoms with E-state index in [-0.39, 0.29) is 24.2 Å². The zero-order valence-electron chi connectivity index (χ0n) is 11.8. The van der Waals surface area contributed by atoms with Gasteiger partial charge in [0.05, 0.1) is 12.5 Å². The van der Waals surface area contributed by atoms with Gasteiger partial charge in [0.15, 0.2) is 5.78 Å². The van der Waals surface area contributed by atoms with Crippen LogP contribution < -0.4 is 10.6 Å². The maximum absolute atomic E-state index is 12.3. The van der Waals surface area contributed by atoms with E-state index in [9.17, 15) is 9.59 Å². The number of carboxylic acids is 1. The Morgan fingerprint density at radius 2 is 2.05 bits per heavy atom. The molecular weight excluding hydrogens is 244 g/mol. The normalized spacial score (nSPS) is 21.0. The van der Waals surface area contributed by atoms with Gasteiger partial charge in [0, 0.05) is 25.6 Å². The van der Waals surface area contributed by atoms with Crippen LogP contribution in [-0.2, 0) is 9.59 Å². The topological polar surface area (TPSA) is 78.4 Å². The highest BCUT2D eigenvalue weighted by atomic mass is 16.4. The van der Waals surface area contributed by atoms with Gasteiger partial charge in [-0.15, -0.1) is 0 Å². The van der Waals surface area contributed by atoms with Crippen molar-refractivity contribution in [1.29, 1.82) is 0 Å². The van der Waals surface area contributed by atoms with Crippen molar-refractivity contribution < 1.29 is 14.7 Å². The number of carboxylic acid groups (broad SMARTS) is 1. The summed E-state index contributed by atoms with van der Waals surface area (Å²) in [5, 5.41) is 15.3. The standard InChI is InChI=1S/C14H26N2O3/c1-2-3-4-5-6-11(9-13(17)18)14(19)12-10-15-7-8-16-12/h11-12,15-16H,2-10H2,1H3,(H,17,18)/t11-,12+/m1/s1. The summed E-state index contributed by atoms with van der Waals surface area (Å²) in [7, 11) is 0. The van der Waals surface area contributed by atoms with Crippen molar-refractivity contribution in [2.24, 2.45) is 5.92 Å². The summed E-state index contributed by atoms with van der Waals surface area (Å²) in [6, 6.07) is -0.218. The summed E-state index contributed by atoms with van der Waals surface area (Å²) in [6.45, 7) is 4.39. The number of piperazine rings is 1. The largest absolute Gasteiger partial charge is 0.481 e. The van der Waals surface area contributed by atoms with Gasteiger partial charge >= 0.3 is 5.97 Å². The summed E-state index contributed by atoms with van der Waals surface area (Å²) >= 11 is 0. The molecule has 1 rings (SSSR count). The van der Waals surface area contributed by atoms with Gasteiger partial charge in [-0.1, -0.05) is 32.6 Å². The number of rotatable bonds is 9. The van der Waals surface area contributed by atoms with E-state index in [1.165, 1.54) is 0 Å². The minimum absolute atomic E-state index is 0.0386. The fourth-order valence-electron chi connectivity index (χ4n) is 2.51. The maximum atomic E-state index is 12.3. The second kappa shape index (κ2) is 9.04. The van der Waals surface area contributed by atoms with Gasteiger partial charge in [-0.3, -0.25) is 9.59 Å². The highest BCUT2D eigenvalue weighted by Crippen LogP contribution is 2.17. The SMILES string of the molecule is CCCCCC[C@H](CC(=O)O)C(=O)[C@@H]1CNCCN1. The van der Waals surface area contributed by atoms with Crippen LogP contribution in [0.4, 0.5) is 0 Å². The summed E-state index contributed by atoms with van der Waals surface area (Å²) < 4.78 is 0. The molecule has 1 saturated heterocycles. The van der Waals surface area contributed by atoms with Crippen molar-refractivity contribution >= 4 is 11.8 Å². The van der Waals surface area contributed by atoms with E-state index in [2.05, 4.69) is 17.6 Å². The lowest BCUT2D eigenvalue weighted by Gasteiger charge is -2.26. The van der Waals surface area contributed by atoms with Crippen LogP contribution in [0.1, 0.15) is 45.4 Å². The highest BCUT2D eigenvalue weighted by Gasteiger charge is 2.29. The van der Waals surface area contributed by atoms with E-state index in [1.54, 1.807) is 0 Å². The lowest BCUT2D eigenvalue weighted by molar-refractivity contribution is -0.141. The van der Waals surface area contributed by atoms with Crippen LogP contribution in [0.3, 0.4) is 0 Å². The van der Waals surface area contributed by atoms with E-state index < -0.39 is 5.97 Å². The van der Waals surface area contributed by atoms with Crippen LogP contribution in [0, 0.1) is 5.92 Å². The number of ketones is 1. The quantitative estimate of drug-likeness (QED) is 0.548. The van der Waals surface area contributed by atoms with Crippen molar-refractivity contribution in [2.75, 3.05) is 19.6 Å². The Morgan fingerprint density at radius 1 is 1.26 bits per heavy atom. The predicted molar refractivity (Wildman–Crippen MR) is 74.2 cm³/mol. The van der Waals surface area contributed by atoms with Gasteiger partial charge in [-0.05, 0) is 6.42 Å². The van der Waals surface area contributed by atoms with Crippen LogP contribution in [0.5, 0.6) is 0 Å². The number of hydrogen-bond acceptors (Lipinski definition) is 4. The Kier molecular flexibility index (Phi) is 7.67. The Labute approximate surface area is 115 Å². The first-order chi connectivity index (χ1) is 9.15. The van der Waals surface area contributed by atoms with E-state index in [0.29, 0.717) is 13.0 Å². The van der Waals surface area contributed by atoms with E-state index in [4.69, 9.17) is 5.11 Å². The first-order valence-electron chi connectivity index (χ1n) is 7.34. The van der Waals surface area contributed by atoms with Crippen LogP contribution >= 0.6 is 0 Å². The molecular formula is C14H26N2O3. The van der Waals surface area contributed by atoms with E-state index in [1.807, 2.05) is 0 Å². The highest BCUT2D eigenvalue weighted by molar-refractivity contribution is 5.89. The van der Waals surface area contributed by atoms with Crippen LogP contribution in [0.25, 0.3) is 0 Å². The number of carbonyl (C=O) groups is 2. The molecule has 5 heteroatoms. The molecule has 0 aromatic carbocycles. The Bertz CT molecular complexity index is 288. The number of aliphatic carboxylic acids is 1. The zero-order valence-corrected chi connectivity index (χ0v) is 11.8. The lowest BCUT2D eigenvalue weighted by atomic mass is 9.89. The smallest absolute Gasteiger partial charge is 0.304 e. The van der Waals surface area contributed by atoms with Gasteiger partial charge in [-0.2, -0.15) is 0 Å². The second-order valence-electron chi connectivity index (χ2n) is 5.26. The summed E-state index contributed by atoms with van der Waals surface area (Å²) in [6.07, 6.45) is 4.98. The van der Waals surface area contributed by atoms with Gasteiger partial charge in [0.25, 0.3) is 0 Å². The predicted octanol–water partition coefficient (Wildman–Crippen LogP) is 1.18. The molecule has 0 spiro atoms. The molecule has 19 heavy (non-hydrogen) atoms. The van der Waals surface area contributed by atoms with E-state index >= 15 is 0 Å². The number of Topliss-reactive ketones (excluding diaryl/α,β-unsaturated/α-hetero) is 1. The minimum Gasteiger partial charge on any atom is -0.481 e. The van der Waals surface area contributed by atoms with Crippen LogP contribution in [-0.4, -0.2) is 42.5 Å². The van der Waals surface area contributed by atoms with Crippen molar-refractivity contribution in [1.82, 2.24) is 10.6 Å². The first-order valence-corrected chi connectivity index (χ1v) is 7.34. The van der Waals surface area contributed by atoms with Gasteiger partial charge < -0.3 is 15.7 Å². The molecule has 110 valence electrons. The molecule has 0 saturated carbocycles. The molecule has 2 atom stereocenters. The van der Waals surface area contributed by atoms with Gasteiger partial charge in [0.2, 0.25) is 0 Å². The molecule has 5 nitrogen and oxygen atoms in total. The molecule has 0 aromatic rings. The van der Waals surface area contributed by atoms with Crippen molar-refractivity contribution in [2.45, 2.75) is 51.5 Å². The van der Waals surface area contributed by atoms with Crippen molar-refractivity contribution in [3.63, 3.8) is 0 Å². The molecule has 0 amide bonds. The summed E-state index contributed by atoms with van der Waals surface area (Å²) in [4.78, 5) is 23.2. The first kappa shape index (κ1) is 16.1. The third kappa shape index (κ3) is 6.16. The molecule has 0 unspecified atom stereocenters. The van der Waals surface area contributed by atoms with Gasteiger partial charge in [-0.25, -0.2) is 0 Å². The molecule has 1 aliphatic heterocycles. The average molecular weight is 270 g/mol. The molecule has 0 aromatic heterocycles.